The number of sulfonamides is 1. The minimum absolute atomic E-state index is 0.0651. The van der Waals surface area contributed by atoms with E-state index in [1.54, 1.807) is 61.8 Å². The van der Waals surface area contributed by atoms with E-state index in [9.17, 15) is 8.42 Å². The van der Waals surface area contributed by atoms with Gasteiger partial charge in [-0.15, -0.1) is 11.3 Å². The van der Waals surface area contributed by atoms with E-state index in [1.807, 2.05) is 0 Å². The van der Waals surface area contributed by atoms with E-state index in [2.05, 4.69) is 30.0 Å². The van der Waals surface area contributed by atoms with Gasteiger partial charge in [-0.1, -0.05) is 0 Å². The summed E-state index contributed by atoms with van der Waals surface area (Å²) in [6.45, 7) is 3.59. The zero-order valence-corrected chi connectivity index (χ0v) is 19.3. The normalized spacial score (nSPS) is 13.7. The molecule has 0 atom stereocenters. The lowest BCUT2D eigenvalue weighted by Crippen LogP contribution is -2.15. The van der Waals surface area contributed by atoms with Gasteiger partial charge >= 0.3 is 0 Å². The van der Waals surface area contributed by atoms with Crippen molar-refractivity contribution in [3.63, 3.8) is 0 Å². The number of fused-ring (bicyclic) bond motifs is 3. The van der Waals surface area contributed by atoms with Crippen LogP contribution in [0.25, 0.3) is 10.2 Å². The van der Waals surface area contributed by atoms with Gasteiger partial charge in [-0.2, -0.15) is 0 Å². The quantitative estimate of drug-likeness (QED) is 0.445. The first-order valence-corrected chi connectivity index (χ1v) is 12.7. The van der Waals surface area contributed by atoms with Crippen molar-refractivity contribution in [2.24, 2.45) is 0 Å². The number of aryl methyl sites for hydroxylation is 4. The summed E-state index contributed by atoms with van der Waals surface area (Å²) in [6.07, 6.45) is 6.10. The van der Waals surface area contributed by atoms with Gasteiger partial charge < -0.3 is 5.32 Å². The van der Waals surface area contributed by atoms with Crippen LogP contribution in [-0.4, -0.2) is 28.4 Å². The van der Waals surface area contributed by atoms with Crippen LogP contribution in [0.1, 0.15) is 34.7 Å². The predicted octanol–water partition coefficient (Wildman–Crippen LogP) is 4.52. The Kier molecular flexibility index (Phi) is 5.26. The number of hydrogen-bond donors (Lipinski definition) is 2. The Morgan fingerprint density at radius 2 is 1.69 bits per heavy atom. The average molecular weight is 467 g/mol. The summed E-state index contributed by atoms with van der Waals surface area (Å²) in [5.41, 5.74) is 3.49. The lowest BCUT2D eigenvalue weighted by atomic mass is 9.97. The highest BCUT2D eigenvalue weighted by Gasteiger charge is 2.20. The van der Waals surface area contributed by atoms with E-state index in [1.165, 1.54) is 23.3 Å². The number of rotatable bonds is 5. The van der Waals surface area contributed by atoms with Crippen LogP contribution in [0, 0.1) is 13.8 Å². The molecule has 0 amide bonds. The van der Waals surface area contributed by atoms with Gasteiger partial charge in [0.05, 0.1) is 10.3 Å². The van der Waals surface area contributed by atoms with Crippen molar-refractivity contribution in [3.8, 4) is 0 Å². The Morgan fingerprint density at radius 3 is 2.44 bits per heavy atom. The van der Waals surface area contributed by atoms with Crippen LogP contribution >= 0.6 is 11.3 Å². The zero-order valence-electron chi connectivity index (χ0n) is 17.7. The minimum atomic E-state index is -3.80. The molecule has 2 N–H and O–H groups in total. The Balaban J connectivity index is 1.40. The van der Waals surface area contributed by atoms with Crippen molar-refractivity contribution >= 4 is 49.0 Å². The van der Waals surface area contributed by atoms with Gasteiger partial charge in [-0.25, -0.2) is 33.1 Å². The first-order chi connectivity index (χ1) is 15.4. The third kappa shape index (κ3) is 4.03. The third-order valence-electron chi connectivity index (χ3n) is 5.39. The van der Waals surface area contributed by atoms with E-state index >= 15 is 0 Å². The Labute approximate surface area is 190 Å². The molecule has 1 aromatic carbocycles. The molecule has 0 radical (unpaired) electrons. The van der Waals surface area contributed by atoms with Crippen molar-refractivity contribution in [2.75, 3.05) is 10.0 Å². The average Bonchev–Trinajstić information content (AvgIpc) is 3.13. The van der Waals surface area contributed by atoms with Crippen molar-refractivity contribution in [3.05, 3.63) is 58.5 Å². The van der Waals surface area contributed by atoms with Crippen molar-refractivity contribution in [2.45, 2.75) is 44.4 Å². The maximum Gasteiger partial charge on any atom is 0.264 e. The number of benzene rings is 1. The molecule has 0 unspecified atom stereocenters. The lowest BCUT2D eigenvalue weighted by molar-refractivity contribution is 0.601. The zero-order chi connectivity index (χ0) is 22.3. The monoisotopic (exact) mass is 466 g/mol. The summed E-state index contributed by atoms with van der Waals surface area (Å²) >= 11 is 1.74. The van der Waals surface area contributed by atoms with Gasteiger partial charge in [0.2, 0.25) is 5.95 Å². The largest absolute Gasteiger partial charge is 0.340 e. The lowest BCUT2D eigenvalue weighted by Gasteiger charge is -2.13. The smallest absolute Gasteiger partial charge is 0.264 e. The number of aromatic nitrogens is 4. The summed E-state index contributed by atoms with van der Waals surface area (Å²) in [5.74, 6) is 0.821. The molecular formula is C22H22N6O2S2. The van der Waals surface area contributed by atoms with Crippen LogP contribution < -0.4 is 10.0 Å². The third-order valence-corrected chi connectivity index (χ3v) is 7.93. The number of anilines is 3. The summed E-state index contributed by atoms with van der Waals surface area (Å²) < 4.78 is 28.0. The summed E-state index contributed by atoms with van der Waals surface area (Å²) in [4.78, 5) is 19.7. The van der Waals surface area contributed by atoms with Crippen LogP contribution in [0.5, 0.6) is 0 Å². The number of thiophene rings is 1. The van der Waals surface area contributed by atoms with Crippen molar-refractivity contribution < 1.29 is 8.42 Å². The Morgan fingerprint density at radius 1 is 0.969 bits per heavy atom. The SMILES string of the molecule is Cc1cc(C)nc(NS(=O)(=O)c2ccc(Nc3ncnc4sc5c(c34)CCCC5)cc2)n1. The van der Waals surface area contributed by atoms with Gasteiger partial charge in [-0.05, 0) is 75.4 Å². The van der Waals surface area contributed by atoms with E-state index in [-0.39, 0.29) is 10.8 Å². The molecule has 5 rings (SSSR count). The van der Waals surface area contributed by atoms with Crippen LogP contribution in [0.3, 0.4) is 0 Å². The van der Waals surface area contributed by atoms with Crippen molar-refractivity contribution in [1.29, 1.82) is 0 Å². The van der Waals surface area contributed by atoms with E-state index in [0.717, 1.165) is 34.6 Å². The van der Waals surface area contributed by atoms with Crippen LogP contribution in [0.15, 0.2) is 41.6 Å². The van der Waals surface area contributed by atoms with Gasteiger partial charge in [0, 0.05) is 22.0 Å². The summed E-state index contributed by atoms with van der Waals surface area (Å²) in [5, 5.41) is 4.42. The Hall–Kier alpha value is -3.11. The van der Waals surface area contributed by atoms with Gasteiger partial charge in [0.15, 0.2) is 0 Å². The molecule has 3 heterocycles. The molecule has 10 heteroatoms. The molecule has 8 nitrogen and oxygen atoms in total. The standard InChI is InChI=1S/C22H22N6O2S2/c1-13-11-14(2)26-22(25-13)28-32(29,30)16-9-7-15(8-10-16)27-20-19-17-5-3-4-6-18(17)31-21(19)24-12-23-20/h7-12H,3-6H2,1-2H3,(H,23,24,27)(H,25,26,28). The molecule has 0 fully saturated rings. The second-order valence-corrected chi connectivity index (χ2v) is 10.6. The summed E-state index contributed by atoms with van der Waals surface area (Å²) in [7, 11) is -3.80. The minimum Gasteiger partial charge on any atom is -0.340 e. The first-order valence-electron chi connectivity index (χ1n) is 10.4. The predicted molar refractivity (Wildman–Crippen MR) is 126 cm³/mol. The van der Waals surface area contributed by atoms with E-state index in [4.69, 9.17) is 0 Å². The molecular weight excluding hydrogens is 444 g/mol. The van der Waals surface area contributed by atoms with E-state index < -0.39 is 10.0 Å². The fourth-order valence-corrected chi connectivity index (χ4v) is 6.16. The fourth-order valence-electron chi connectivity index (χ4n) is 3.99. The molecule has 0 saturated carbocycles. The molecule has 3 aromatic heterocycles. The number of nitrogens with one attached hydrogen (secondary N) is 2. The van der Waals surface area contributed by atoms with Crippen LogP contribution in [0.4, 0.5) is 17.5 Å². The number of nitrogens with zero attached hydrogens (tertiary/aromatic N) is 4. The fraction of sp³-hybridized carbons (Fsp3) is 0.273. The molecule has 0 spiro atoms. The molecule has 1 aliphatic rings. The van der Waals surface area contributed by atoms with Gasteiger partial charge in [0.1, 0.15) is 17.0 Å². The Bertz CT molecular complexity index is 1390. The highest BCUT2D eigenvalue weighted by molar-refractivity contribution is 7.92. The van der Waals surface area contributed by atoms with Crippen LogP contribution in [-0.2, 0) is 22.9 Å². The molecule has 0 bridgehead atoms. The molecule has 4 aromatic rings. The maximum atomic E-state index is 12.8. The molecule has 1 aliphatic carbocycles. The summed E-state index contributed by atoms with van der Waals surface area (Å²) in [6, 6.07) is 8.34. The number of hydrogen-bond acceptors (Lipinski definition) is 8. The molecule has 32 heavy (non-hydrogen) atoms. The molecule has 0 saturated heterocycles. The van der Waals surface area contributed by atoms with E-state index in [0.29, 0.717) is 11.4 Å². The maximum absolute atomic E-state index is 12.8. The van der Waals surface area contributed by atoms with Crippen molar-refractivity contribution in [1.82, 2.24) is 19.9 Å². The first kappa shape index (κ1) is 20.8. The van der Waals surface area contributed by atoms with Gasteiger partial charge in [0.25, 0.3) is 10.0 Å². The van der Waals surface area contributed by atoms with Crippen LogP contribution in [0.2, 0.25) is 0 Å². The molecule has 0 aliphatic heterocycles. The topological polar surface area (TPSA) is 110 Å². The second-order valence-electron chi connectivity index (χ2n) is 7.84. The highest BCUT2D eigenvalue weighted by atomic mass is 32.2. The van der Waals surface area contributed by atoms with Gasteiger partial charge in [-0.3, -0.25) is 0 Å². The highest BCUT2D eigenvalue weighted by Crippen LogP contribution is 2.38. The second kappa shape index (κ2) is 8.10. The molecule has 164 valence electrons.